The quantitative estimate of drug-likeness (QED) is 0.178. The highest BCUT2D eigenvalue weighted by Crippen LogP contribution is 2.19. The number of carbonyl (C=O) groups is 4. The smallest absolute Gasteiger partial charge is 0.327 e. The van der Waals surface area contributed by atoms with Gasteiger partial charge < -0.3 is 31.8 Å². The molecule has 0 bridgehead atoms. The molecule has 3 amide bonds. The average Bonchev–Trinajstić information content (AvgIpc) is 3.26. The van der Waals surface area contributed by atoms with Crippen molar-refractivity contribution in [2.75, 3.05) is 11.5 Å². The molecule has 0 spiro atoms. The first kappa shape index (κ1) is 28.5. The molecule has 0 fully saturated rings. The molecule has 1 aromatic heterocycles. The minimum absolute atomic E-state index is 0.0951. The Labute approximate surface area is 215 Å². The number of aromatic nitrogens is 1. The Hall–Kier alpha value is -2.70. The molecule has 0 aliphatic rings. The highest BCUT2D eigenvalue weighted by molar-refractivity contribution is 7.80. The lowest BCUT2D eigenvalue weighted by Crippen LogP contribution is -2.59. The van der Waals surface area contributed by atoms with Crippen LogP contribution in [0.15, 0.2) is 30.5 Å². The van der Waals surface area contributed by atoms with Crippen molar-refractivity contribution in [3.05, 3.63) is 36.0 Å². The average molecular weight is 524 g/mol. The number of aromatic amines is 1. The van der Waals surface area contributed by atoms with E-state index in [1.165, 1.54) is 0 Å². The monoisotopic (exact) mass is 523 g/mol. The molecule has 0 radical (unpaired) electrons. The molecule has 12 heteroatoms. The van der Waals surface area contributed by atoms with Gasteiger partial charge in [0.05, 0.1) is 6.04 Å². The van der Waals surface area contributed by atoms with E-state index < -0.39 is 47.9 Å². The highest BCUT2D eigenvalue weighted by Gasteiger charge is 2.32. The topological polar surface area (TPSA) is 166 Å². The minimum Gasteiger partial charge on any atom is -0.480 e. The van der Waals surface area contributed by atoms with Crippen LogP contribution in [-0.4, -0.2) is 69.5 Å². The van der Waals surface area contributed by atoms with Gasteiger partial charge in [0.25, 0.3) is 0 Å². The number of hydrogen-bond donors (Lipinski definition) is 8. The summed E-state index contributed by atoms with van der Waals surface area (Å²) in [7, 11) is 0. The van der Waals surface area contributed by atoms with E-state index in [1.807, 2.05) is 31.2 Å². The predicted octanol–water partition coefficient (Wildman–Crippen LogP) is 0.482. The Morgan fingerprint density at radius 2 is 1.66 bits per heavy atom. The molecule has 10 nitrogen and oxygen atoms in total. The summed E-state index contributed by atoms with van der Waals surface area (Å²) in [5.74, 6) is -3.29. The van der Waals surface area contributed by atoms with E-state index in [0.717, 1.165) is 16.5 Å². The summed E-state index contributed by atoms with van der Waals surface area (Å²) in [6.07, 6.45) is 2.41. The lowest BCUT2D eigenvalue weighted by Gasteiger charge is -2.27. The molecule has 1 aromatic carbocycles. The van der Waals surface area contributed by atoms with Gasteiger partial charge >= 0.3 is 5.97 Å². The number of nitrogens with one attached hydrogen (secondary N) is 4. The van der Waals surface area contributed by atoms with Crippen LogP contribution < -0.4 is 21.7 Å². The zero-order valence-corrected chi connectivity index (χ0v) is 21.4. The first-order valence-electron chi connectivity index (χ1n) is 11.3. The SMILES string of the molecule is CCC(C)C(NC(=O)C(N)CS)C(=O)NC(Cc1c[nH]c2ccccc12)C(=O)NC(CS)C(=O)O. The number of rotatable bonds is 13. The second-order valence-corrected chi connectivity index (χ2v) is 9.10. The molecule has 5 unspecified atom stereocenters. The van der Waals surface area contributed by atoms with E-state index in [9.17, 15) is 24.3 Å². The van der Waals surface area contributed by atoms with E-state index in [2.05, 4.69) is 46.2 Å². The molecule has 1 heterocycles. The van der Waals surface area contributed by atoms with Crippen molar-refractivity contribution in [2.45, 2.75) is 50.9 Å². The molecule has 0 aliphatic carbocycles. The number of aliphatic carboxylic acids is 1. The van der Waals surface area contributed by atoms with Crippen molar-refractivity contribution in [1.82, 2.24) is 20.9 Å². The Balaban J connectivity index is 2.32. The minimum atomic E-state index is -1.24. The van der Waals surface area contributed by atoms with Crippen LogP contribution in [0.25, 0.3) is 10.9 Å². The lowest BCUT2D eigenvalue weighted by atomic mass is 9.96. The normalized spacial score (nSPS) is 15.5. The number of carbonyl (C=O) groups excluding carboxylic acids is 3. The van der Waals surface area contributed by atoms with Crippen LogP contribution in [0.4, 0.5) is 0 Å². The van der Waals surface area contributed by atoms with Gasteiger partial charge in [-0.05, 0) is 17.5 Å². The van der Waals surface area contributed by atoms with Crippen molar-refractivity contribution in [2.24, 2.45) is 11.7 Å². The van der Waals surface area contributed by atoms with Gasteiger partial charge in [0, 0.05) is 35.0 Å². The van der Waals surface area contributed by atoms with Crippen molar-refractivity contribution in [3.63, 3.8) is 0 Å². The van der Waals surface area contributed by atoms with E-state index in [1.54, 1.807) is 13.1 Å². The number of carboxylic acid groups (broad SMARTS) is 1. The van der Waals surface area contributed by atoms with E-state index in [0.29, 0.717) is 6.42 Å². The van der Waals surface area contributed by atoms with Crippen LogP contribution in [0.5, 0.6) is 0 Å². The maximum atomic E-state index is 13.3. The van der Waals surface area contributed by atoms with Crippen LogP contribution in [0, 0.1) is 5.92 Å². The summed E-state index contributed by atoms with van der Waals surface area (Å²) in [4.78, 5) is 53.3. The van der Waals surface area contributed by atoms with Crippen molar-refractivity contribution >= 4 is 59.9 Å². The van der Waals surface area contributed by atoms with Crippen LogP contribution >= 0.6 is 25.3 Å². The fourth-order valence-corrected chi connectivity index (χ4v) is 3.91. The van der Waals surface area contributed by atoms with Crippen LogP contribution in [0.3, 0.4) is 0 Å². The molecule has 2 rings (SSSR count). The summed E-state index contributed by atoms with van der Waals surface area (Å²) < 4.78 is 0. The number of para-hydroxylation sites is 1. The van der Waals surface area contributed by atoms with Crippen molar-refractivity contribution in [1.29, 1.82) is 0 Å². The van der Waals surface area contributed by atoms with Crippen molar-refractivity contribution in [3.8, 4) is 0 Å². The van der Waals surface area contributed by atoms with E-state index >= 15 is 0 Å². The summed E-state index contributed by atoms with van der Waals surface area (Å²) >= 11 is 8.02. The summed E-state index contributed by atoms with van der Waals surface area (Å²) in [5, 5.41) is 18.0. The Morgan fingerprint density at radius 1 is 1.00 bits per heavy atom. The molecule has 0 saturated carbocycles. The molecular formula is C23H33N5O5S2. The Morgan fingerprint density at radius 3 is 2.26 bits per heavy atom. The Kier molecular flexibility index (Phi) is 10.9. The maximum absolute atomic E-state index is 13.3. The van der Waals surface area contributed by atoms with Crippen LogP contribution in [0.1, 0.15) is 25.8 Å². The maximum Gasteiger partial charge on any atom is 0.327 e. The third-order valence-corrected chi connectivity index (χ3v) is 6.61. The van der Waals surface area contributed by atoms with Gasteiger partial charge in [-0.1, -0.05) is 38.5 Å². The number of hydrogen-bond acceptors (Lipinski definition) is 7. The lowest BCUT2D eigenvalue weighted by molar-refractivity contribution is -0.141. The van der Waals surface area contributed by atoms with Gasteiger partial charge in [-0.25, -0.2) is 4.79 Å². The van der Waals surface area contributed by atoms with Crippen LogP contribution in [0.2, 0.25) is 0 Å². The first-order valence-corrected chi connectivity index (χ1v) is 12.6. The van der Waals surface area contributed by atoms with Crippen LogP contribution in [-0.2, 0) is 25.6 Å². The number of carboxylic acids is 1. The largest absolute Gasteiger partial charge is 0.480 e. The van der Waals surface area contributed by atoms with Gasteiger partial charge in [0.15, 0.2) is 0 Å². The first-order chi connectivity index (χ1) is 16.6. The number of fused-ring (bicyclic) bond motifs is 1. The molecule has 0 saturated heterocycles. The summed E-state index contributed by atoms with van der Waals surface area (Å²) in [5.41, 5.74) is 7.37. The predicted molar refractivity (Wildman–Crippen MR) is 141 cm³/mol. The number of nitrogens with two attached hydrogens (primary N) is 1. The fraction of sp³-hybridized carbons (Fsp3) is 0.478. The Bertz CT molecular complexity index is 1050. The molecule has 2 aromatic rings. The number of H-pyrrole nitrogens is 1. The van der Waals surface area contributed by atoms with Gasteiger partial charge in [0.2, 0.25) is 17.7 Å². The van der Waals surface area contributed by atoms with Gasteiger partial charge in [0.1, 0.15) is 18.1 Å². The molecule has 7 N–H and O–H groups in total. The van der Waals surface area contributed by atoms with Gasteiger partial charge in [-0.2, -0.15) is 25.3 Å². The standard InChI is InChI=1S/C23H33N5O5S2/c1-3-12(2)19(28-20(29)15(24)10-34)22(31)26-17(21(30)27-18(11-35)23(32)33)8-13-9-25-16-7-5-4-6-14(13)16/h4-7,9,12,15,17-19,25,34-35H,3,8,10-11,24H2,1-2H3,(H,26,31)(H,27,30)(H,28,29)(H,32,33). The second-order valence-electron chi connectivity index (χ2n) is 8.37. The van der Waals surface area contributed by atoms with Crippen molar-refractivity contribution < 1.29 is 24.3 Å². The van der Waals surface area contributed by atoms with E-state index in [-0.39, 0.29) is 23.8 Å². The third kappa shape index (κ3) is 7.64. The summed E-state index contributed by atoms with van der Waals surface area (Å²) in [6.45, 7) is 3.67. The molecule has 0 aliphatic heterocycles. The second kappa shape index (κ2) is 13.4. The molecule has 192 valence electrons. The highest BCUT2D eigenvalue weighted by atomic mass is 32.1. The summed E-state index contributed by atoms with van der Waals surface area (Å²) in [6, 6.07) is 3.31. The molecule has 35 heavy (non-hydrogen) atoms. The van der Waals surface area contributed by atoms with Gasteiger partial charge in [-0.15, -0.1) is 0 Å². The molecule has 5 atom stereocenters. The number of benzene rings is 1. The molecular weight excluding hydrogens is 490 g/mol. The number of thiol groups is 2. The fourth-order valence-electron chi connectivity index (χ4n) is 3.49. The zero-order chi connectivity index (χ0) is 26.1. The van der Waals surface area contributed by atoms with E-state index in [4.69, 9.17) is 5.73 Å². The number of amides is 3. The zero-order valence-electron chi connectivity index (χ0n) is 19.7. The third-order valence-electron chi connectivity index (χ3n) is 5.86. The van der Waals surface area contributed by atoms with Gasteiger partial charge in [-0.3, -0.25) is 14.4 Å².